The lowest BCUT2D eigenvalue weighted by Crippen LogP contribution is -2.30. The summed E-state index contributed by atoms with van der Waals surface area (Å²) in [6.07, 6.45) is 2.76. The molecule has 0 spiro atoms. The SMILES string of the molecule is CCCCc1nc2ccc(NS(=O)(=O)C(C)C)cc2n1Cc1ccc(-c2ccccc2C(=O)NS(=O)(=O)c2ccccc2)cc1. The molecule has 5 aromatic rings. The van der Waals surface area contributed by atoms with Crippen molar-refractivity contribution >= 4 is 42.7 Å². The summed E-state index contributed by atoms with van der Waals surface area (Å²) in [5.74, 6) is 0.203. The lowest BCUT2D eigenvalue weighted by Gasteiger charge is -2.14. The standard InChI is InChI=1S/C34H36N4O5S2/c1-4-5-15-33-35-31-21-20-27(36-44(40,41)24(2)3)22-32(31)38(33)23-25-16-18-26(19-17-25)29-13-9-10-14-30(29)34(39)37-45(42,43)28-11-7-6-8-12-28/h6-14,16-22,24,36H,4-5,15,23H2,1-3H3,(H,37,39). The Balaban J connectivity index is 1.43. The number of aryl methyl sites for hydroxylation is 1. The number of amides is 1. The number of anilines is 1. The summed E-state index contributed by atoms with van der Waals surface area (Å²) in [7, 11) is -7.54. The minimum atomic E-state index is -4.04. The fourth-order valence-electron chi connectivity index (χ4n) is 4.96. The first-order valence-corrected chi connectivity index (χ1v) is 17.8. The number of sulfonamides is 2. The summed E-state index contributed by atoms with van der Waals surface area (Å²) >= 11 is 0. The molecule has 0 fully saturated rings. The molecule has 0 bridgehead atoms. The Kier molecular flexibility index (Phi) is 9.40. The van der Waals surface area contributed by atoms with Crippen molar-refractivity contribution in [1.82, 2.24) is 14.3 Å². The van der Waals surface area contributed by atoms with E-state index in [4.69, 9.17) is 4.98 Å². The van der Waals surface area contributed by atoms with Crippen LogP contribution in [0, 0.1) is 0 Å². The first-order chi connectivity index (χ1) is 21.5. The van der Waals surface area contributed by atoms with Gasteiger partial charge in [0.15, 0.2) is 0 Å². The highest BCUT2D eigenvalue weighted by molar-refractivity contribution is 7.93. The van der Waals surface area contributed by atoms with Crippen molar-refractivity contribution < 1.29 is 21.6 Å². The van der Waals surface area contributed by atoms with Crippen LogP contribution in [0.15, 0.2) is 102 Å². The zero-order valence-electron chi connectivity index (χ0n) is 25.4. The minimum absolute atomic E-state index is 0.00923. The largest absolute Gasteiger partial charge is 0.323 e. The lowest BCUT2D eigenvalue weighted by atomic mass is 9.98. The zero-order valence-corrected chi connectivity index (χ0v) is 27.0. The van der Waals surface area contributed by atoms with Gasteiger partial charge >= 0.3 is 0 Å². The molecule has 1 aromatic heterocycles. The van der Waals surface area contributed by atoms with Crippen molar-refractivity contribution in [3.05, 3.63) is 114 Å². The predicted molar refractivity (Wildman–Crippen MR) is 178 cm³/mol. The summed E-state index contributed by atoms with van der Waals surface area (Å²) in [6.45, 7) is 5.90. The van der Waals surface area contributed by atoms with Gasteiger partial charge in [-0.3, -0.25) is 9.52 Å². The van der Waals surface area contributed by atoms with Crippen molar-refractivity contribution in [3.8, 4) is 11.1 Å². The van der Waals surface area contributed by atoms with Crippen LogP contribution in [0.5, 0.6) is 0 Å². The van der Waals surface area contributed by atoms with Gasteiger partial charge in [-0.1, -0.05) is 74.0 Å². The molecule has 0 unspecified atom stereocenters. The van der Waals surface area contributed by atoms with E-state index in [1.807, 2.05) is 36.4 Å². The predicted octanol–water partition coefficient (Wildman–Crippen LogP) is 6.36. The molecule has 0 aliphatic rings. The van der Waals surface area contributed by atoms with E-state index in [-0.39, 0.29) is 10.5 Å². The molecular weight excluding hydrogens is 609 g/mol. The number of aromatic nitrogens is 2. The molecule has 1 amide bonds. The third kappa shape index (κ3) is 7.26. The van der Waals surface area contributed by atoms with Gasteiger partial charge in [0.2, 0.25) is 10.0 Å². The maximum atomic E-state index is 13.2. The van der Waals surface area contributed by atoms with E-state index in [2.05, 4.69) is 20.9 Å². The highest BCUT2D eigenvalue weighted by Gasteiger charge is 2.21. The summed E-state index contributed by atoms with van der Waals surface area (Å²) in [5, 5.41) is -0.568. The Labute approximate surface area is 264 Å². The fraction of sp³-hybridized carbons (Fsp3) is 0.235. The third-order valence-electron chi connectivity index (χ3n) is 7.52. The summed E-state index contributed by atoms with van der Waals surface area (Å²) in [4.78, 5) is 18.0. The molecule has 0 saturated heterocycles. The Bertz CT molecular complexity index is 2040. The monoisotopic (exact) mass is 644 g/mol. The van der Waals surface area contributed by atoms with Crippen LogP contribution in [0.1, 0.15) is 55.4 Å². The number of benzene rings is 4. The van der Waals surface area contributed by atoms with E-state index in [1.165, 1.54) is 12.1 Å². The Hall–Kier alpha value is -4.48. The van der Waals surface area contributed by atoms with Gasteiger partial charge in [0.1, 0.15) is 5.82 Å². The number of imidazole rings is 1. The summed E-state index contributed by atoms with van der Waals surface area (Å²) < 4.78 is 57.6. The average Bonchev–Trinajstić information content (AvgIpc) is 3.36. The second-order valence-electron chi connectivity index (χ2n) is 11.1. The molecule has 0 radical (unpaired) electrons. The van der Waals surface area contributed by atoms with Crippen LogP contribution in [0.2, 0.25) is 0 Å². The second kappa shape index (κ2) is 13.3. The van der Waals surface area contributed by atoms with Gasteiger partial charge in [-0.15, -0.1) is 0 Å². The number of unbranched alkanes of at least 4 members (excludes halogenated alkanes) is 1. The van der Waals surface area contributed by atoms with Gasteiger partial charge in [-0.2, -0.15) is 0 Å². The number of fused-ring (bicyclic) bond motifs is 1. The molecule has 0 atom stereocenters. The van der Waals surface area contributed by atoms with E-state index >= 15 is 0 Å². The molecule has 45 heavy (non-hydrogen) atoms. The first kappa shape index (κ1) is 31.9. The maximum Gasteiger partial charge on any atom is 0.265 e. The minimum Gasteiger partial charge on any atom is -0.323 e. The average molecular weight is 645 g/mol. The normalized spacial score (nSPS) is 12.0. The number of rotatable bonds is 12. The number of nitrogens with zero attached hydrogens (tertiary/aromatic N) is 2. The fourth-order valence-corrected chi connectivity index (χ4v) is 6.64. The molecule has 0 aliphatic heterocycles. The molecule has 11 heteroatoms. The molecule has 0 saturated carbocycles. The Morgan fingerprint density at radius 3 is 2.24 bits per heavy atom. The highest BCUT2D eigenvalue weighted by Crippen LogP contribution is 2.27. The first-order valence-electron chi connectivity index (χ1n) is 14.8. The van der Waals surface area contributed by atoms with Crippen LogP contribution in [-0.2, 0) is 33.0 Å². The topological polar surface area (TPSA) is 127 Å². The molecule has 9 nitrogen and oxygen atoms in total. The van der Waals surface area contributed by atoms with Crippen molar-refractivity contribution in [3.63, 3.8) is 0 Å². The van der Waals surface area contributed by atoms with Crippen LogP contribution in [0.25, 0.3) is 22.2 Å². The van der Waals surface area contributed by atoms with Gasteiger partial charge in [0.25, 0.3) is 15.9 Å². The Morgan fingerprint density at radius 2 is 1.56 bits per heavy atom. The van der Waals surface area contributed by atoms with Crippen LogP contribution < -0.4 is 9.44 Å². The summed E-state index contributed by atoms with van der Waals surface area (Å²) in [6, 6.07) is 27.8. The van der Waals surface area contributed by atoms with Crippen LogP contribution >= 0.6 is 0 Å². The van der Waals surface area contributed by atoms with Crippen molar-refractivity contribution in [2.75, 3.05) is 4.72 Å². The van der Waals surface area contributed by atoms with Gasteiger partial charge in [0.05, 0.1) is 26.9 Å². The van der Waals surface area contributed by atoms with Crippen molar-refractivity contribution in [2.24, 2.45) is 0 Å². The van der Waals surface area contributed by atoms with Gasteiger partial charge in [-0.25, -0.2) is 26.5 Å². The van der Waals surface area contributed by atoms with E-state index in [9.17, 15) is 21.6 Å². The van der Waals surface area contributed by atoms with E-state index < -0.39 is 31.2 Å². The van der Waals surface area contributed by atoms with E-state index in [1.54, 1.807) is 62.4 Å². The summed E-state index contributed by atoms with van der Waals surface area (Å²) in [5.41, 5.74) is 4.68. The quantitative estimate of drug-likeness (QED) is 0.163. The number of hydrogen-bond acceptors (Lipinski definition) is 6. The molecule has 1 heterocycles. The molecule has 5 rings (SSSR count). The second-order valence-corrected chi connectivity index (χ2v) is 15.0. The van der Waals surface area contributed by atoms with Gasteiger partial charge in [-0.05, 0) is 73.4 Å². The van der Waals surface area contributed by atoms with Crippen LogP contribution in [-0.4, -0.2) is 37.5 Å². The molecule has 234 valence electrons. The van der Waals surface area contributed by atoms with Crippen LogP contribution in [0.4, 0.5) is 5.69 Å². The molecule has 4 aromatic carbocycles. The number of nitrogens with one attached hydrogen (secondary N) is 2. The Morgan fingerprint density at radius 1 is 0.867 bits per heavy atom. The van der Waals surface area contributed by atoms with Gasteiger partial charge in [0, 0.05) is 18.5 Å². The smallest absolute Gasteiger partial charge is 0.265 e. The third-order valence-corrected chi connectivity index (χ3v) is 10.6. The number of hydrogen-bond donors (Lipinski definition) is 2. The van der Waals surface area contributed by atoms with Crippen LogP contribution in [0.3, 0.4) is 0 Å². The molecule has 0 aliphatic carbocycles. The zero-order chi connectivity index (χ0) is 32.2. The molecule has 2 N–H and O–H groups in total. The lowest BCUT2D eigenvalue weighted by molar-refractivity contribution is 0.0982. The number of carbonyl (C=O) groups excluding carboxylic acids is 1. The number of carbonyl (C=O) groups is 1. The van der Waals surface area contributed by atoms with Crippen molar-refractivity contribution in [1.29, 1.82) is 0 Å². The van der Waals surface area contributed by atoms with Gasteiger partial charge < -0.3 is 4.57 Å². The van der Waals surface area contributed by atoms with Crippen molar-refractivity contribution in [2.45, 2.75) is 56.7 Å². The van der Waals surface area contributed by atoms with E-state index in [0.29, 0.717) is 17.8 Å². The maximum absolute atomic E-state index is 13.2. The highest BCUT2D eigenvalue weighted by atomic mass is 32.2. The molecular formula is C34H36N4O5S2. The van der Waals surface area contributed by atoms with E-state index in [0.717, 1.165) is 47.2 Å².